The van der Waals surface area contributed by atoms with Gasteiger partial charge in [-0.1, -0.05) is 30.3 Å². The molecule has 0 spiro atoms. The van der Waals surface area contributed by atoms with Gasteiger partial charge in [-0.25, -0.2) is 9.37 Å². The van der Waals surface area contributed by atoms with E-state index in [0.29, 0.717) is 11.7 Å². The van der Waals surface area contributed by atoms with Crippen LogP contribution in [0.1, 0.15) is 41.1 Å². The monoisotopic (exact) mass is 350 g/mol. The number of nitrogens with one attached hydrogen (secondary N) is 1. The number of hydrogen-bond donors (Lipinski definition) is 1. The second-order valence-electron chi connectivity index (χ2n) is 6.69. The van der Waals surface area contributed by atoms with Crippen LogP contribution in [0, 0.1) is 12.7 Å². The molecule has 5 heteroatoms. The van der Waals surface area contributed by atoms with Gasteiger partial charge in [-0.05, 0) is 56.0 Å². The first-order chi connectivity index (χ1) is 12.6. The van der Waals surface area contributed by atoms with Gasteiger partial charge in [0.05, 0.1) is 5.54 Å². The Bertz CT molecular complexity index is 928. The second-order valence-corrected chi connectivity index (χ2v) is 6.69. The molecule has 0 unspecified atom stereocenters. The first-order valence-corrected chi connectivity index (χ1v) is 8.69. The third kappa shape index (κ3) is 2.90. The average molecular weight is 350 g/mol. The Hall–Kier alpha value is -2.95. The van der Waals surface area contributed by atoms with Crippen LogP contribution in [0.5, 0.6) is 0 Å². The molecule has 0 saturated heterocycles. The summed E-state index contributed by atoms with van der Waals surface area (Å²) in [7, 11) is 0. The maximum absolute atomic E-state index is 13.2. The number of rotatable bonds is 4. The van der Waals surface area contributed by atoms with Crippen LogP contribution < -0.4 is 5.32 Å². The number of carbonyl (C=O) groups excluding carboxylic acids is 1. The third-order valence-electron chi connectivity index (χ3n) is 4.99. The van der Waals surface area contributed by atoms with Gasteiger partial charge in [-0.15, -0.1) is 0 Å². The summed E-state index contributed by atoms with van der Waals surface area (Å²) < 4.78 is 18.9. The highest BCUT2D eigenvalue weighted by atomic mass is 19.1. The van der Waals surface area contributed by atoms with E-state index in [2.05, 4.69) is 10.3 Å². The van der Waals surface area contributed by atoms with Crippen molar-refractivity contribution >= 4 is 5.91 Å². The minimum Gasteiger partial charge on any atom is -0.441 e. The van der Waals surface area contributed by atoms with Crippen LogP contribution >= 0.6 is 0 Å². The largest absolute Gasteiger partial charge is 0.441 e. The van der Waals surface area contributed by atoms with Crippen LogP contribution in [0.4, 0.5) is 4.39 Å². The van der Waals surface area contributed by atoms with E-state index in [1.165, 1.54) is 12.1 Å². The highest BCUT2D eigenvalue weighted by Gasteiger charge is 2.41. The predicted molar refractivity (Wildman–Crippen MR) is 96.1 cm³/mol. The third-order valence-corrected chi connectivity index (χ3v) is 4.99. The van der Waals surface area contributed by atoms with E-state index in [1.54, 1.807) is 19.1 Å². The summed E-state index contributed by atoms with van der Waals surface area (Å²) in [5.41, 5.74) is 1.58. The zero-order valence-electron chi connectivity index (χ0n) is 14.5. The summed E-state index contributed by atoms with van der Waals surface area (Å²) in [5, 5.41) is 3.10. The van der Waals surface area contributed by atoms with E-state index in [1.807, 2.05) is 30.3 Å². The SMILES string of the molecule is Cc1oc(-c2ccccc2)nc1C(=O)NC1(c2ccc(F)cc2)CCC1. The molecular weight excluding hydrogens is 331 g/mol. The fourth-order valence-electron chi connectivity index (χ4n) is 3.37. The van der Waals surface area contributed by atoms with Crippen LogP contribution in [0.3, 0.4) is 0 Å². The molecule has 26 heavy (non-hydrogen) atoms. The minimum atomic E-state index is -0.455. The Morgan fingerprint density at radius 3 is 2.42 bits per heavy atom. The van der Waals surface area contributed by atoms with Crippen molar-refractivity contribution in [2.75, 3.05) is 0 Å². The average Bonchev–Trinajstić information content (AvgIpc) is 3.02. The Balaban J connectivity index is 1.60. The summed E-state index contributed by atoms with van der Waals surface area (Å²) in [6.07, 6.45) is 2.67. The summed E-state index contributed by atoms with van der Waals surface area (Å²) in [6.45, 7) is 1.74. The van der Waals surface area contributed by atoms with Gasteiger partial charge < -0.3 is 9.73 Å². The molecule has 0 radical (unpaired) electrons. The summed E-state index contributed by atoms with van der Waals surface area (Å²) >= 11 is 0. The van der Waals surface area contributed by atoms with Gasteiger partial charge in [0.1, 0.15) is 11.6 Å². The van der Waals surface area contributed by atoms with E-state index in [0.717, 1.165) is 30.4 Å². The van der Waals surface area contributed by atoms with Crippen molar-refractivity contribution in [2.45, 2.75) is 31.7 Å². The fourth-order valence-corrected chi connectivity index (χ4v) is 3.37. The van der Waals surface area contributed by atoms with Crippen molar-refractivity contribution in [3.63, 3.8) is 0 Å². The summed E-state index contributed by atoms with van der Waals surface area (Å²) in [4.78, 5) is 17.2. The molecule has 1 aliphatic rings. The molecule has 0 aliphatic heterocycles. The fraction of sp³-hybridized carbons (Fsp3) is 0.238. The van der Waals surface area contributed by atoms with Crippen LogP contribution in [0.15, 0.2) is 59.0 Å². The van der Waals surface area contributed by atoms with Crippen LogP contribution in [-0.2, 0) is 5.54 Å². The summed E-state index contributed by atoms with van der Waals surface area (Å²) in [5.74, 6) is 0.361. The lowest BCUT2D eigenvalue weighted by Gasteiger charge is -2.43. The molecule has 0 atom stereocenters. The lowest BCUT2D eigenvalue weighted by molar-refractivity contribution is 0.0817. The molecule has 1 aromatic heterocycles. The van der Waals surface area contributed by atoms with Crippen LogP contribution in [0.25, 0.3) is 11.5 Å². The molecule has 1 fully saturated rings. The van der Waals surface area contributed by atoms with Crippen molar-refractivity contribution in [2.24, 2.45) is 0 Å². The number of nitrogens with zero attached hydrogens (tertiary/aromatic N) is 1. The highest BCUT2D eigenvalue weighted by Crippen LogP contribution is 2.41. The zero-order chi connectivity index (χ0) is 18.1. The van der Waals surface area contributed by atoms with Crippen molar-refractivity contribution in [3.05, 3.63) is 77.4 Å². The highest BCUT2D eigenvalue weighted by molar-refractivity contribution is 5.94. The molecule has 132 valence electrons. The Labute approximate surface area is 151 Å². The van der Waals surface area contributed by atoms with Gasteiger partial charge in [0, 0.05) is 5.56 Å². The molecule has 1 amide bonds. The number of hydrogen-bond acceptors (Lipinski definition) is 3. The maximum Gasteiger partial charge on any atom is 0.274 e. The van der Waals surface area contributed by atoms with Crippen molar-refractivity contribution in [3.8, 4) is 11.5 Å². The molecular formula is C21H19FN2O2. The van der Waals surface area contributed by atoms with E-state index in [9.17, 15) is 9.18 Å². The Kier molecular flexibility index (Phi) is 4.07. The van der Waals surface area contributed by atoms with Crippen molar-refractivity contribution in [1.29, 1.82) is 0 Å². The normalized spacial score (nSPS) is 15.3. The maximum atomic E-state index is 13.2. The quantitative estimate of drug-likeness (QED) is 0.748. The predicted octanol–water partition coefficient (Wildman–Crippen LogP) is 4.60. The van der Waals surface area contributed by atoms with Gasteiger partial charge >= 0.3 is 0 Å². The number of aryl methyl sites for hydroxylation is 1. The summed E-state index contributed by atoms with van der Waals surface area (Å²) in [6, 6.07) is 15.8. The van der Waals surface area contributed by atoms with Gasteiger partial charge in [-0.2, -0.15) is 0 Å². The molecule has 1 N–H and O–H groups in total. The van der Waals surface area contributed by atoms with Gasteiger partial charge in [-0.3, -0.25) is 4.79 Å². The lowest BCUT2D eigenvalue weighted by Crippen LogP contribution is -2.51. The first-order valence-electron chi connectivity index (χ1n) is 8.69. The van der Waals surface area contributed by atoms with Crippen molar-refractivity contribution in [1.82, 2.24) is 10.3 Å². The number of oxazole rings is 1. The number of halogens is 1. The first kappa shape index (κ1) is 16.5. The molecule has 1 aliphatic carbocycles. The molecule has 3 aromatic rings. The van der Waals surface area contributed by atoms with Crippen molar-refractivity contribution < 1.29 is 13.6 Å². The number of aromatic nitrogens is 1. The number of amides is 1. The number of carbonyl (C=O) groups is 1. The second kappa shape index (κ2) is 6.41. The van der Waals surface area contributed by atoms with E-state index in [-0.39, 0.29) is 17.4 Å². The number of benzene rings is 2. The standard InChI is InChI=1S/C21H19FN2O2/c1-14-18(23-20(26-14)15-6-3-2-4-7-15)19(25)24-21(12-5-13-21)16-8-10-17(22)11-9-16/h2-4,6-11H,5,12-13H2,1H3,(H,24,25). The van der Waals surface area contributed by atoms with E-state index >= 15 is 0 Å². The molecule has 0 bridgehead atoms. The Morgan fingerprint density at radius 1 is 1.12 bits per heavy atom. The molecule has 1 heterocycles. The Morgan fingerprint density at radius 2 is 1.81 bits per heavy atom. The van der Waals surface area contributed by atoms with Gasteiger partial charge in [0.2, 0.25) is 5.89 Å². The van der Waals surface area contributed by atoms with Crippen LogP contribution in [0.2, 0.25) is 0 Å². The van der Waals surface area contributed by atoms with Crippen LogP contribution in [-0.4, -0.2) is 10.9 Å². The van der Waals surface area contributed by atoms with Gasteiger partial charge in [0.15, 0.2) is 5.69 Å². The molecule has 4 nitrogen and oxygen atoms in total. The molecule has 2 aromatic carbocycles. The molecule has 1 saturated carbocycles. The van der Waals surface area contributed by atoms with E-state index < -0.39 is 5.54 Å². The molecule has 4 rings (SSSR count). The zero-order valence-corrected chi connectivity index (χ0v) is 14.5. The topological polar surface area (TPSA) is 55.1 Å². The van der Waals surface area contributed by atoms with E-state index in [4.69, 9.17) is 4.42 Å². The smallest absolute Gasteiger partial charge is 0.274 e. The lowest BCUT2D eigenvalue weighted by atomic mass is 9.71. The minimum absolute atomic E-state index is 0.266. The van der Waals surface area contributed by atoms with Gasteiger partial charge in [0.25, 0.3) is 5.91 Å².